The van der Waals surface area contributed by atoms with Crippen molar-refractivity contribution in [3.63, 3.8) is 0 Å². The molecule has 0 saturated carbocycles. The van der Waals surface area contributed by atoms with Crippen LogP contribution >= 0.6 is 0 Å². The maximum Gasteiger partial charge on any atom is 0.404 e. The number of fused-ring (bicyclic) bond motifs is 1. The Bertz CT molecular complexity index is 904. The van der Waals surface area contributed by atoms with Gasteiger partial charge in [-0.25, -0.2) is 18.0 Å². The zero-order chi connectivity index (χ0) is 17.3. The molecule has 0 saturated heterocycles. The fourth-order valence-electron chi connectivity index (χ4n) is 2.69. The van der Waals surface area contributed by atoms with Crippen LogP contribution in [0.1, 0.15) is 5.56 Å². The fraction of sp³-hybridized carbons (Fsp3) is 0.118. The normalized spacial score (nSPS) is 11.0. The summed E-state index contributed by atoms with van der Waals surface area (Å²) in [5.41, 5.74) is 1.78. The van der Waals surface area contributed by atoms with E-state index in [0.717, 1.165) is 6.07 Å². The summed E-state index contributed by atoms with van der Waals surface area (Å²) < 4.78 is 40.7. The molecule has 0 fully saturated rings. The number of halogens is 3. The Morgan fingerprint density at radius 2 is 1.79 bits per heavy atom. The number of carbonyl (C=O) groups is 1. The van der Waals surface area contributed by atoms with Crippen molar-refractivity contribution in [2.24, 2.45) is 0 Å². The second-order valence-corrected chi connectivity index (χ2v) is 5.28. The molecule has 0 spiro atoms. The van der Waals surface area contributed by atoms with E-state index in [1.165, 1.54) is 30.3 Å². The van der Waals surface area contributed by atoms with Gasteiger partial charge in [0.1, 0.15) is 17.5 Å². The van der Waals surface area contributed by atoms with E-state index in [1.807, 2.05) is 0 Å². The lowest BCUT2D eigenvalue weighted by Crippen LogP contribution is -2.23. The zero-order valence-electron chi connectivity index (χ0n) is 12.4. The first-order valence-electron chi connectivity index (χ1n) is 7.18. The Balaban J connectivity index is 2.13. The zero-order valence-corrected chi connectivity index (χ0v) is 12.4. The third-order valence-corrected chi connectivity index (χ3v) is 3.72. The molecule has 0 aliphatic rings. The van der Waals surface area contributed by atoms with Gasteiger partial charge in [0, 0.05) is 23.7 Å². The molecule has 2 aromatic carbocycles. The molecule has 0 aliphatic heterocycles. The highest BCUT2D eigenvalue weighted by Gasteiger charge is 2.17. The van der Waals surface area contributed by atoms with E-state index in [9.17, 15) is 18.0 Å². The van der Waals surface area contributed by atoms with Gasteiger partial charge in [-0.3, -0.25) is 0 Å². The number of nitrogens with one attached hydrogen (secondary N) is 2. The van der Waals surface area contributed by atoms with Gasteiger partial charge in [0.25, 0.3) is 0 Å². The van der Waals surface area contributed by atoms with Crippen molar-refractivity contribution in [1.82, 2.24) is 10.3 Å². The molecule has 0 unspecified atom stereocenters. The third-order valence-electron chi connectivity index (χ3n) is 3.72. The molecule has 3 rings (SSSR count). The second kappa shape index (κ2) is 6.27. The van der Waals surface area contributed by atoms with Crippen molar-refractivity contribution in [3.05, 3.63) is 59.4 Å². The number of rotatable bonds is 4. The molecule has 24 heavy (non-hydrogen) atoms. The van der Waals surface area contributed by atoms with Crippen molar-refractivity contribution in [1.29, 1.82) is 0 Å². The molecule has 3 aromatic rings. The minimum Gasteiger partial charge on any atom is -0.465 e. The molecule has 0 atom stereocenters. The summed E-state index contributed by atoms with van der Waals surface area (Å²) in [4.78, 5) is 13.5. The maximum atomic E-state index is 14.0. The average Bonchev–Trinajstić information content (AvgIpc) is 2.87. The minimum atomic E-state index is -1.18. The van der Waals surface area contributed by atoms with Crippen LogP contribution in [-0.4, -0.2) is 22.7 Å². The first-order chi connectivity index (χ1) is 11.5. The molecule has 0 aliphatic carbocycles. The monoisotopic (exact) mass is 334 g/mol. The van der Waals surface area contributed by atoms with Gasteiger partial charge in [0.2, 0.25) is 0 Å². The van der Waals surface area contributed by atoms with Crippen LogP contribution in [0.2, 0.25) is 0 Å². The predicted octanol–water partition coefficient (Wildman–Crippen LogP) is 4.06. The molecule has 0 bridgehead atoms. The Kier molecular flexibility index (Phi) is 4.16. The molecule has 124 valence electrons. The van der Waals surface area contributed by atoms with Gasteiger partial charge in [-0.2, -0.15) is 0 Å². The second-order valence-electron chi connectivity index (χ2n) is 5.28. The quantitative estimate of drug-likeness (QED) is 0.673. The van der Waals surface area contributed by atoms with E-state index in [0.29, 0.717) is 22.2 Å². The summed E-state index contributed by atoms with van der Waals surface area (Å²) >= 11 is 0. The lowest BCUT2D eigenvalue weighted by atomic mass is 10.0. The van der Waals surface area contributed by atoms with Gasteiger partial charge in [-0.15, -0.1) is 0 Å². The van der Waals surface area contributed by atoms with Crippen LogP contribution in [-0.2, 0) is 6.42 Å². The van der Waals surface area contributed by atoms with Crippen molar-refractivity contribution in [2.45, 2.75) is 6.42 Å². The van der Waals surface area contributed by atoms with Gasteiger partial charge in [0.05, 0.1) is 5.52 Å². The Morgan fingerprint density at radius 3 is 2.46 bits per heavy atom. The van der Waals surface area contributed by atoms with Crippen LogP contribution in [0, 0.1) is 17.5 Å². The van der Waals surface area contributed by atoms with Crippen LogP contribution in [0.5, 0.6) is 0 Å². The van der Waals surface area contributed by atoms with E-state index in [2.05, 4.69) is 10.3 Å². The molecular weight excluding hydrogens is 321 g/mol. The Hall–Kier alpha value is -2.96. The number of hydrogen-bond donors (Lipinski definition) is 3. The van der Waals surface area contributed by atoms with Crippen LogP contribution in [0.15, 0.2) is 36.4 Å². The lowest BCUT2D eigenvalue weighted by molar-refractivity contribution is 0.194. The summed E-state index contributed by atoms with van der Waals surface area (Å²) in [6, 6.07) is 7.52. The highest BCUT2D eigenvalue weighted by molar-refractivity contribution is 5.91. The largest absolute Gasteiger partial charge is 0.465 e. The third kappa shape index (κ3) is 3.05. The van der Waals surface area contributed by atoms with Gasteiger partial charge in [0.15, 0.2) is 0 Å². The first kappa shape index (κ1) is 15.9. The highest BCUT2D eigenvalue weighted by Crippen LogP contribution is 2.32. The van der Waals surface area contributed by atoms with E-state index < -0.39 is 23.5 Å². The summed E-state index contributed by atoms with van der Waals surface area (Å²) in [7, 11) is 0. The van der Waals surface area contributed by atoms with E-state index in [4.69, 9.17) is 5.11 Å². The molecule has 1 amide bonds. The summed E-state index contributed by atoms with van der Waals surface area (Å²) in [6.45, 7) is 0.0780. The van der Waals surface area contributed by atoms with Crippen LogP contribution in [0.3, 0.4) is 0 Å². The highest BCUT2D eigenvalue weighted by atomic mass is 19.1. The summed E-state index contributed by atoms with van der Waals surface area (Å²) in [6.07, 6.45) is -0.961. The van der Waals surface area contributed by atoms with Gasteiger partial charge < -0.3 is 15.4 Å². The van der Waals surface area contributed by atoms with Gasteiger partial charge >= 0.3 is 6.09 Å². The van der Waals surface area contributed by atoms with E-state index in [1.54, 1.807) is 0 Å². The number of hydrogen-bond acceptors (Lipinski definition) is 1. The number of carboxylic acid groups (broad SMARTS) is 1. The Labute approximate surface area is 134 Å². The minimum absolute atomic E-state index is 0.0780. The summed E-state index contributed by atoms with van der Waals surface area (Å²) in [5, 5.41) is 11.2. The number of amides is 1. The smallest absolute Gasteiger partial charge is 0.404 e. The average molecular weight is 334 g/mol. The fourth-order valence-corrected chi connectivity index (χ4v) is 2.69. The first-order valence-corrected chi connectivity index (χ1v) is 7.18. The van der Waals surface area contributed by atoms with Crippen molar-refractivity contribution in [2.75, 3.05) is 6.54 Å². The summed E-state index contributed by atoms with van der Waals surface area (Å²) in [5.74, 6) is -1.89. The van der Waals surface area contributed by atoms with E-state index in [-0.39, 0.29) is 18.5 Å². The topological polar surface area (TPSA) is 65.1 Å². The molecule has 7 heteroatoms. The maximum absolute atomic E-state index is 14.0. The van der Waals surface area contributed by atoms with Crippen LogP contribution < -0.4 is 5.32 Å². The molecule has 4 nitrogen and oxygen atoms in total. The molecule has 1 aromatic heterocycles. The SMILES string of the molecule is O=C(O)NCCc1c(-c2ccc(F)cc2)[nH]c2c(F)cc(F)cc12. The molecule has 0 radical (unpaired) electrons. The number of H-pyrrole nitrogens is 1. The van der Waals surface area contributed by atoms with Crippen molar-refractivity contribution in [3.8, 4) is 11.3 Å². The molecule has 3 N–H and O–H groups in total. The van der Waals surface area contributed by atoms with Crippen LogP contribution in [0.4, 0.5) is 18.0 Å². The number of aromatic nitrogens is 1. The van der Waals surface area contributed by atoms with Crippen LogP contribution in [0.25, 0.3) is 22.2 Å². The van der Waals surface area contributed by atoms with Gasteiger partial charge in [-0.1, -0.05) is 0 Å². The lowest BCUT2D eigenvalue weighted by Gasteiger charge is -2.06. The molecular formula is C17H13F3N2O2. The number of benzene rings is 2. The standard InChI is InChI=1S/C17H13F3N2O2/c18-10-3-1-9(2-4-10)15-12(5-6-21-17(23)24)13-7-11(19)8-14(20)16(13)22-15/h1-4,7-8,21-22H,5-6H2,(H,23,24). The van der Waals surface area contributed by atoms with Gasteiger partial charge in [-0.05, 0) is 47.9 Å². The van der Waals surface area contributed by atoms with Crippen molar-refractivity contribution >= 4 is 17.0 Å². The molecule has 1 heterocycles. The predicted molar refractivity (Wildman–Crippen MR) is 83.3 cm³/mol. The van der Waals surface area contributed by atoms with E-state index >= 15 is 0 Å². The number of aromatic amines is 1. The Morgan fingerprint density at radius 1 is 1.08 bits per heavy atom. The van der Waals surface area contributed by atoms with Crippen molar-refractivity contribution < 1.29 is 23.1 Å².